The first-order chi connectivity index (χ1) is 19.8. The standard InChI is InChI=1S/C28H28F5N5O4/c1-15-24(21(42-17(3)39)14-41-23-9-5-8-22(36-23)28(31,32)33)25(35-16(2)34-15)18-10-12-38(13-11-18)27(40)37-26-19(29)6-4-7-20(26)30/h4-9,18,21H,10-14H2,1-3H3,(H,37,40). The number of alkyl halides is 3. The molecule has 0 radical (unpaired) electrons. The lowest BCUT2D eigenvalue weighted by Crippen LogP contribution is -2.41. The number of aromatic nitrogens is 3. The van der Waals surface area contributed by atoms with Crippen LogP contribution in [-0.2, 0) is 15.7 Å². The number of nitrogens with one attached hydrogen (secondary N) is 1. The Bertz CT molecular complexity index is 1440. The van der Waals surface area contributed by atoms with Crippen LogP contribution in [0.3, 0.4) is 0 Å². The number of nitrogens with zero attached hydrogens (tertiary/aromatic N) is 4. The number of amides is 2. The first-order valence-electron chi connectivity index (χ1n) is 13.0. The number of rotatable bonds is 7. The monoisotopic (exact) mass is 593 g/mol. The Kier molecular flexibility index (Phi) is 9.22. The average molecular weight is 594 g/mol. The lowest BCUT2D eigenvalue weighted by Gasteiger charge is -2.33. The van der Waals surface area contributed by atoms with Crippen LogP contribution < -0.4 is 10.1 Å². The molecule has 1 aliphatic heterocycles. The predicted octanol–water partition coefficient (Wildman–Crippen LogP) is 5.88. The van der Waals surface area contributed by atoms with E-state index in [1.807, 2.05) is 0 Å². The van der Waals surface area contributed by atoms with Crippen molar-refractivity contribution in [1.82, 2.24) is 19.9 Å². The van der Waals surface area contributed by atoms with Gasteiger partial charge < -0.3 is 19.7 Å². The molecule has 1 aliphatic rings. The van der Waals surface area contributed by atoms with Crippen molar-refractivity contribution in [1.29, 1.82) is 0 Å². The summed E-state index contributed by atoms with van der Waals surface area (Å²) in [6, 6.07) is 5.84. The number of pyridine rings is 1. The second-order valence-electron chi connectivity index (χ2n) is 9.71. The maximum atomic E-state index is 14.0. The van der Waals surface area contributed by atoms with Crippen molar-refractivity contribution in [3.8, 4) is 5.88 Å². The highest BCUT2D eigenvalue weighted by molar-refractivity contribution is 5.89. The number of hydrogen-bond donors (Lipinski definition) is 1. The van der Waals surface area contributed by atoms with Crippen molar-refractivity contribution in [3.63, 3.8) is 0 Å². The van der Waals surface area contributed by atoms with Gasteiger partial charge >= 0.3 is 18.2 Å². The third-order valence-electron chi connectivity index (χ3n) is 6.67. The molecule has 1 aromatic carbocycles. The smallest absolute Gasteiger partial charge is 0.433 e. The molecule has 14 heteroatoms. The van der Waals surface area contributed by atoms with E-state index in [0.29, 0.717) is 35.6 Å². The van der Waals surface area contributed by atoms with Crippen LogP contribution in [0.1, 0.15) is 60.3 Å². The Morgan fingerprint density at radius 1 is 1.02 bits per heavy atom. The highest BCUT2D eigenvalue weighted by Crippen LogP contribution is 2.35. The van der Waals surface area contributed by atoms with E-state index in [1.54, 1.807) is 13.8 Å². The molecule has 0 aliphatic carbocycles. The number of carbonyl (C=O) groups is 2. The van der Waals surface area contributed by atoms with E-state index >= 15 is 0 Å². The number of urea groups is 1. The van der Waals surface area contributed by atoms with Gasteiger partial charge in [-0.3, -0.25) is 4.79 Å². The van der Waals surface area contributed by atoms with Crippen LogP contribution in [0.5, 0.6) is 5.88 Å². The van der Waals surface area contributed by atoms with Crippen LogP contribution >= 0.6 is 0 Å². The number of ether oxygens (including phenoxy) is 2. The maximum Gasteiger partial charge on any atom is 0.433 e. The molecule has 1 N–H and O–H groups in total. The topological polar surface area (TPSA) is 107 Å². The number of esters is 1. The molecule has 3 aromatic rings. The molecular weight excluding hydrogens is 565 g/mol. The van der Waals surface area contributed by atoms with Crippen molar-refractivity contribution in [3.05, 3.63) is 76.5 Å². The van der Waals surface area contributed by atoms with E-state index in [1.165, 1.54) is 24.0 Å². The van der Waals surface area contributed by atoms with E-state index in [2.05, 4.69) is 20.3 Å². The number of aryl methyl sites for hydroxylation is 2. The van der Waals surface area contributed by atoms with Crippen LogP contribution in [0.2, 0.25) is 0 Å². The quantitative estimate of drug-likeness (QED) is 0.269. The van der Waals surface area contributed by atoms with Gasteiger partial charge in [0.15, 0.2) is 6.10 Å². The molecule has 0 saturated carbocycles. The molecule has 3 heterocycles. The van der Waals surface area contributed by atoms with E-state index < -0.39 is 47.3 Å². The van der Waals surface area contributed by atoms with Crippen LogP contribution in [0, 0.1) is 25.5 Å². The van der Waals surface area contributed by atoms with Gasteiger partial charge in [-0.15, -0.1) is 0 Å². The fourth-order valence-electron chi connectivity index (χ4n) is 4.81. The summed E-state index contributed by atoms with van der Waals surface area (Å²) in [6.07, 6.45) is -4.91. The molecule has 0 spiro atoms. The number of likely N-dealkylation sites (tertiary alicyclic amines) is 1. The number of piperidine rings is 1. The maximum absolute atomic E-state index is 14.0. The van der Waals surface area contributed by atoms with Crippen molar-refractivity contribution in [2.24, 2.45) is 0 Å². The second kappa shape index (κ2) is 12.7. The summed E-state index contributed by atoms with van der Waals surface area (Å²) in [6.45, 7) is 4.68. The third kappa shape index (κ3) is 7.28. The summed E-state index contributed by atoms with van der Waals surface area (Å²) < 4.78 is 78.4. The molecule has 4 rings (SSSR count). The van der Waals surface area contributed by atoms with Gasteiger partial charge in [0.1, 0.15) is 35.4 Å². The number of hydrogen-bond acceptors (Lipinski definition) is 7. The first-order valence-corrected chi connectivity index (χ1v) is 13.0. The molecule has 2 aromatic heterocycles. The Labute approximate surface area is 238 Å². The minimum atomic E-state index is -4.67. The highest BCUT2D eigenvalue weighted by Gasteiger charge is 2.34. The van der Waals surface area contributed by atoms with Crippen LogP contribution in [0.15, 0.2) is 36.4 Å². The fraction of sp³-hybridized carbons (Fsp3) is 0.393. The number of benzene rings is 1. The van der Waals surface area contributed by atoms with Crippen molar-refractivity contribution in [2.45, 2.75) is 51.8 Å². The first kappa shape index (κ1) is 30.6. The molecule has 9 nitrogen and oxygen atoms in total. The van der Waals surface area contributed by atoms with Crippen LogP contribution in [0.25, 0.3) is 0 Å². The number of carbonyl (C=O) groups excluding carboxylic acids is 2. The van der Waals surface area contributed by atoms with Gasteiger partial charge in [-0.05, 0) is 44.9 Å². The van der Waals surface area contributed by atoms with E-state index in [0.717, 1.165) is 24.3 Å². The van der Waals surface area contributed by atoms with Gasteiger partial charge in [0.25, 0.3) is 0 Å². The molecular formula is C28H28F5N5O4. The minimum Gasteiger partial charge on any atom is -0.473 e. The van der Waals surface area contributed by atoms with Crippen molar-refractivity contribution in [2.75, 3.05) is 25.0 Å². The Hall–Kier alpha value is -4.36. The Balaban J connectivity index is 1.53. The number of para-hydroxylation sites is 1. The van der Waals surface area contributed by atoms with E-state index in [-0.39, 0.29) is 31.5 Å². The lowest BCUT2D eigenvalue weighted by molar-refractivity contribution is -0.148. The van der Waals surface area contributed by atoms with Crippen LogP contribution in [0.4, 0.5) is 32.4 Å². The molecule has 1 unspecified atom stereocenters. The lowest BCUT2D eigenvalue weighted by atomic mass is 9.88. The molecule has 1 saturated heterocycles. The largest absolute Gasteiger partial charge is 0.473 e. The van der Waals surface area contributed by atoms with Crippen LogP contribution in [-0.4, -0.2) is 51.5 Å². The molecule has 2 amide bonds. The highest BCUT2D eigenvalue weighted by atomic mass is 19.4. The number of anilines is 1. The Morgan fingerprint density at radius 2 is 1.67 bits per heavy atom. The van der Waals surface area contributed by atoms with Crippen molar-refractivity contribution < 1.29 is 41.0 Å². The average Bonchev–Trinajstić information content (AvgIpc) is 2.92. The van der Waals surface area contributed by atoms with Gasteiger partial charge in [-0.2, -0.15) is 13.2 Å². The zero-order valence-corrected chi connectivity index (χ0v) is 23.0. The zero-order chi connectivity index (χ0) is 30.6. The van der Waals surface area contributed by atoms with Gasteiger partial charge in [-0.1, -0.05) is 12.1 Å². The summed E-state index contributed by atoms with van der Waals surface area (Å²) in [5.74, 6) is -2.52. The zero-order valence-electron chi connectivity index (χ0n) is 23.0. The molecule has 1 atom stereocenters. The van der Waals surface area contributed by atoms with Gasteiger partial charge in [-0.25, -0.2) is 28.5 Å². The fourth-order valence-corrected chi connectivity index (χ4v) is 4.81. The number of halogens is 5. The van der Waals surface area contributed by atoms with Gasteiger partial charge in [0, 0.05) is 43.3 Å². The SMILES string of the molecule is CC(=O)OC(COc1cccc(C(F)(F)F)n1)c1c(C)nc(C)nc1C1CCN(C(=O)Nc2c(F)cccc2F)CC1. The van der Waals surface area contributed by atoms with Gasteiger partial charge in [0.2, 0.25) is 5.88 Å². The molecule has 0 bridgehead atoms. The van der Waals surface area contributed by atoms with E-state index in [9.17, 15) is 31.5 Å². The van der Waals surface area contributed by atoms with E-state index in [4.69, 9.17) is 9.47 Å². The summed E-state index contributed by atoms with van der Waals surface area (Å²) in [5.41, 5.74) is -0.188. The Morgan fingerprint density at radius 3 is 2.29 bits per heavy atom. The summed E-state index contributed by atoms with van der Waals surface area (Å²) in [5, 5.41) is 2.28. The second-order valence-corrected chi connectivity index (χ2v) is 9.71. The molecule has 1 fully saturated rings. The van der Waals surface area contributed by atoms with Gasteiger partial charge in [0.05, 0.1) is 5.69 Å². The molecule has 224 valence electrons. The predicted molar refractivity (Wildman–Crippen MR) is 140 cm³/mol. The third-order valence-corrected chi connectivity index (χ3v) is 6.67. The summed E-state index contributed by atoms with van der Waals surface area (Å²) in [7, 11) is 0. The summed E-state index contributed by atoms with van der Waals surface area (Å²) >= 11 is 0. The summed E-state index contributed by atoms with van der Waals surface area (Å²) in [4.78, 5) is 38.7. The minimum absolute atomic E-state index is 0.223. The van der Waals surface area contributed by atoms with Crippen molar-refractivity contribution >= 4 is 17.7 Å². The normalized spacial score (nSPS) is 14.8. The molecule has 42 heavy (non-hydrogen) atoms.